The summed E-state index contributed by atoms with van der Waals surface area (Å²) in [6.07, 6.45) is -0.654. The molecule has 128 valence electrons. The van der Waals surface area contributed by atoms with Crippen molar-refractivity contribution in [3.05, 3.63) is 35.1 Å². The fourth-order valence-electron chi connectivity index (χ4n) is 4.25. The topological polar surface area (TPSA) is 23.5 Å². The van der Waals surface area contributed by atoms with Crippen LogP contribution in [0, 0.1) is 11.2 Å². The van der Waals surface area contributed by atoms with Crippen LogP contribution in [0.25, 0.3) is 0 Å². The fourth-order valence-corrected chi connectivity index (χ4v) is 4.25. The van der Waals surface area contributed by atoms with Crippen molar-refractivity contribution >= 4 is 0 Å². The summed E-state index contributed by atoms with van der Waals surface area (Å²) in [5.41, 5.74) is -1.38. The van der Waals surface area contributed by atoms with E-state index in [1.807, 2.05) is 4.90 Å². The highest BCUT2D eigenvalue weighted by molar-refractivity contribution is 5.31. The number of halogens is 4. The average Bonchev–Trinajstić information content (AvgIpc) is 2.78. The molecule has 0 aromatic heterocycles. The molecule has 2 aliphatic rings. The van der Waals surface area contributed by atoms with Gasteiger partial charge >= 0.3 is 6.18 Å². The van der Waals surface area contributed by atoms with Crippen molar-refractivity contribution in [2.45, 2.75) is 50.9 Å². The molecule has 1 N–H and O–H groups in total. The maximum Gasteiger partial charge on any atom is 0.419 e. The van der Waals surface area contributed by atoms with E-state index >= 15 is 0 Å². The fraction of sp³-hybridized carbons (Fsp3) is 0.647. The van der Waals surface area contributed by atoms with Crippen LogP contribution in [0.1, 0.15) is 43.2 Å². The highest BCUT2D eigenvalue weighted by atomic mass is 19.4. The largest absolute Gasteiger partial charge is 0.419 e. The summed E-state index contributed by atoms with van der Waals surface area (Å²) in [5.74, 6) is -1.22. The molecular formula is C17H21F4NO. The molecule has 1 heterocycles. The van der Waals surface area contributed by atoms with Crippen LogP contribution in [0.15, 0.2) is 18.2 Å². The van der Waals surface area contributed by atoms with Gasteiger partial charge in [0, 0.05) is 18.5 Å². The number of hydrogen-bond acceptors (Lipinski definition) is 2. The normalized spacial score (nSPS) is 29.3. The minimum atomic E-state index is -4.69. The number of nitrogens with zero attached hydrogens (tertiary/aromatic N) is 1. The molecule has 1 spiro atoms. The minimum absolute atomic E-state index is 0.0259. The van der Waals surface area contributed by atoms with Gasteiger partial charge in [0.1, 0.15) is 5.82 Å². The van der Waals surface area contributed by atoms with E-state index in [0.717, 1.165) is 38.2 Å². The van der Waals surface area contributed by atoms with Crippen LogP contribution in [0.2, 0.25) is 0 Å². The van der Waals surface area contributed by atoms with E-state index in [4.69, 9.17) is 0 Å². The Labute approximate surface area is 133 Å². The number of aliphatic hydroxyl groups excluding tert-OH is 1. The Balaban J connectivity index is 1.81. The molecule has 1 aliphatic carbocycles. The maximum atomic E-state index is 13.7. The van der Waals surface area contributed by atoms with E-state index in [1.54, 1.807) is 0 Å². The van der Waals surface area contributed by atoms with Crippen molar-refractivity contribution in [2.75, 3.05) is 13.1 Å². The number of piperidine rings is 1. The molecule has 0 amide bonds. The second kappa shape index (κ2) is 6.06. The molecule has 6 heteroatoms. The monoisotopic (exact) mass is 331 g/mol. The lowest BCUT2D eigenvalue weighted by Gasteiger charge is -2.42. The van der Waals surface area contributed by atoms with Gasteiger partial charge in [0.05, 0.1) is 11.7 Å². The predicted molar refractivity (Wildman–Crippen MR) is 78.2 cm³/mol. The van der Waals surface area contributed by atoms with Crippen molar-refractivity contribution < 1.29 is 22.7 Å². The van der Waals surface area contributed by atoms with Crippen LogP contribution in [0.4, 0.5) is 17.6 Å². The highest BCUT2D eigenvalue weighted by Gasteiger charge is 2.45. The molecule has 1 aliphatic heterocycles. The van der Waals surface area contributed by atoms with E-state index in [0.29, 0.717) is 13.1 Å². The molecule has 1 aromatic carbocycles. The Hall–Kier alpha value is -1.14. The molecule has 2 fully saturated rings. The van der Waals surface area contributed by atoms with Crippen molar-refractivity contribution in [3.63, 3.8) is 0 Å². The van der Waals surface area contributed by atoms with Gasteiger partial charge in [-0.2, -0.15) is 13.2 Å². The maximum absolute atomic E-state index is 13.7. The number of aliphatic hydroxyl groups is 1. The Kier molecular flexibility index (Phi) is 4.40. The summed E-state index contributed by atoms with van der Waals surface area (Å²) in [5, 5.41) is 10.2. The average molecular weight is 331 g/mol. The molecule has 2 atom stereocenters. The lowest BCUT2D eigenvalue weighted by atomic mass is 9.76. The minimum Gasteiger partial charge on any atom is -0.393 e. The van der Waals surface area contributed by atoms with Gasteiger partial charge in [-0.05, 0) is 43.9 Å². The zero-order valence-electron chi connectivity index (χ0n) is 12.9. The first-order valence-corrected chi connectivity index (χ1v) is 8.07. The Bertz CT molecular complexity index is 574. The third kappa shape index (κ3) is 3.24. The van der Waals surface area contributed by atoms with Gasteiger partial charge in [0.15, 0.2) is 0 Å². The highest BCUT2D eigenvalue weighted by Crippen LogP contribution is 2.45. The van der Waals surface area contributed by atoms with E-state index in [9.17, 15) is 22.7 Å². The van der Waals surface area contributed by atoms with Crippen LogP contribution in [-0.4, -0.2) is 29.2 Å². The van der Waals surface area contributed by atoms with Crippen LogP contribution in [-0.2, 0) is 12.7 Å². The van der Waals surface area contributed by atoms with Crippen molar-refractivity contribution in [2.24, 2.45) is 5.41 Å². The lowest BCUT2D eigenvalue weighted by molar-refractivity contribution is -0.141. The zero-order valence-corrected chi connectivity index (χ0v) is 12.9. The standard InChI is InChI=1S/C17H21F4NO/c18-13-5-1-4-12(15(13)17(19,20)21)10-22-9-3-8-16(11-22)7-2-6-14(16)23/h1,4-5,14,23H,2-3,6-11H2/t14-,16+/m1/s1. The van der Waals surface area contributed by atoms with Crippen molar-refractivity contribution in [1.82, 2.24) is 4.90 Å². The number of benzene rings is 1. The second-order valence-corrected chi connectivity index (χ2v) is 6.86. The van der Waals surface area contributed by atoms with Gasteiger partial charge in [-0.25, -0.2) is 4.39 Å². The van der Waals surface area contributed by atoms with Crippen LogP contribution in [0.5, 0.6) is 0 Å². The molecule has 0 bridgehead atoms. The molecule has 0 radical (unpaired) electrons. The molecular weight excluding hydrogens is 310 g/mol. The first-order valence-electron chi connectivity index (χ1n) is 8.07. The number of alkyl halides is 3. The summed E-state index contributed by atoms with van der Waals surface area (Å²) in [4.78, 5) is 1.93. The van der Waals surface area contributed by atoms with Crippen LogP contribution in [0.3, 0.4) is 0 Å². The van der Waals surface area contributed by atoms with Gasteiger partial charge in [0.25, 0.3) is 0 Å². The molecule has 1 aromatic rings. The smallest absolute Gasteiger partial charge is 0.393 e. The third-order valence-corrected chi connectivity index (χ3v) is 5.32. The Morgan fingerprint density at radius 3 is 2.61 bits per heavy atom. The Morgan fingerprint density at radius 2 is 1.96 bits per heavy atom. The first-order chi connectivity index (χ1) is 10.8. The predicted octanol–water partition coefficient (Wildman–Crippen LogP) is 3.97. The van der Waals surface area contributed by atoms with Crippen molar-refractivity contribution in [3.8, 4) is 0 Å². The third-order valence-electron chi connectivity index (χ3n) is 5.32. The number of rotatable bonds is 2. The van der Waals surface area contributed by atoms with E-state index < -0.39 is 17.6 Å². The number of hydrogen-bond donors (Lipinski definition) is 1. The summed E-state index contributed by atoms with van der Waals surface area (Å²) < 4.78 is 53.0. The molecule has 1 saturated carbocycles. The van der Waals surface area contributed by atoms with Gasteiger partial charge in [0.2, 0.25) is 0 Å². The second-order valence-electron chi connectivity index (χ2n) is 6.86. The van der Waals surface area contributed by atoms with Gasteiger partial charge in [-0.1, -0.05) is 18.6 Å². The summed E-state index contributed by atoms with van der Waals surface area (Å²) in [6.45, 7) is 1.34. The van der Waals surface area contributed by atoms with Crippen LogP contribution < -0.4 is 0 Å². The molecule has 3 rings (SSSR count). The van der Waals surface area contributed by atoms with E-state index in [-0.39, 0.29) is 23.6 Å². The molecule has 0 unspecified atom stereocenters. The van der Waals surface area contributed by atoms with Crippen LogP contribution >= 0.6 is 0 Å². The van der Waals surface area contributed by atoms with Gasteiger partial charge in [-0.3, -0.25) is 4.90 Å². The Morgan fingerprint density at radius 1 is 1.22 bits per heavy atom. The van der Waals surface area contributed by atoms with E-state index in [1.165, 1.54) is 12.1 Å². The van der Waals surface area contributed by atoms with Crippen molar-refractivity contribution in [1.29, 1.82) is 0 Å². The molecule has 1 saturated heterocycles. The van der Waals surface area contributed by atoms with E-state index in [2.05, 4.69) is 0 Å². The quantitative estimate of drug-likeness (QED) is 0.829. The molecule has 2 nitrogen and oxygen atoms in total. The molecule has 23 heavy (non-hydrogen) atoms. The SMILES string of the molecule is O[C@@H]1CCC[C@@]12CCCN(Cc1cccc(F)c1C(F)(F)F)C2. The summed E-state index contributed by atoms with van der Waals surface area (Å²) in [7, 11) is 0. The number of likely N-dealkylation sites (tertiary alicyclic amines) is 1. The zero-order chi connectivity index (χ0) is 16.7. The summed E-state index contributed by atoms with van der Waals surface area (Å²) in [6, 6.07) is 3.52. The van der Waals surface area contributed by atoms with Gasteiger partial charge in [-0.15, -0.1) is 0 Å². The summed E-state index contributed by atoms with van der Waals surface area (Å²) >= 11 is 0. The lowest BCUT2D eigenvalue weighted by Crippen LogP contribution is -2.46. The first kappa shape index (κ1) is 16.7. The van der Waals surface area contributed by atoms with Gasteiger partial charge < -0.3 is 5.11 Å².